The predicted molar refractivity (Wildman–Crippen MR) is 64.0 cm³/mol. The Kier molecular flexibility index (Phi) is 5.58. The molecule has 1 rings (SSSR count). The van der Waals surface area contributed by atoms with E-state index in [4.69, 9.17) is 5.11 Å². The second kappa shape index (κ2) is 6.46. The van der Waals surface area contributed by atoms with Crippen LogP contribution in [-0.4, -0.2) is 60.3 Å². The van der Waals surface area contributed by atoms with Crippen LogP contribution >= 0.6 is 0 Å². The number of hydrogen-bond donors (Lipinski definition) is 1. The second-order valence-electron chi connectivity index (χ2n) is 4.94. The van der Waals surface area contributed by atoms with Crippen molar-refractivity contribution in [1.82, 2.24) is 9.80 Å². The highest BCUT2D eigenvalue weighted by molar-refractivity contribution is 4.82. The van der Waals surface area contributed by atoms with Crippen LogP contribution in [0.25, 0.3) is 0 Å². The number of hydrogen-bond acceptors (Lipinski definition) is 3. The van der Waals surface area contributed by atoms with Crippen LogP contribution in [0.1, 0.15) is 27.2 Å². The van der Waals surface area contributed by atoms with Crippen molar-refractivity contribution in [2.24, 2.45) is 5.92 Å². The summed E-state index contributed by atoms with van der Waals surface area (Å²) >= 11 is 0. The third-order valence-corrected chi connectivity index (χ3v) is 3.27. The molecule has 1 unspecified atom stereocenters. The van der Waals surface area contributed by atoms with Gasteiger partial charge in [0.1, 0.15) is 0 Å². The summed E-state index contributed by atoms with van der Waals surface area (Å²) in [7, 11) is 0. The van der Waals surface area contributed by atoms with Gasteiger partial charge < -0.3 is 10.0 Å². The van der Waals surface area contributed by atoms with Crippen LogP contribution in [0.2, 0.25) is 0 Å². The molecule has 0 amide bonds. The maximum absolute atomic E-state index is 9.04. The summed E-state index contributed by atoms with van der Waals surface area (Å²) in [5.74, 6) is 0.744. The van der Waals surface area contributed by atoms with Gasteiger partial charge in [-0.25, -0.2) is 0 Å². The lowest BCUT2D eigenvalue weighted by molar-refractivity contribution is 0.0526. The van der Waals surface area contributed by atoms with Crippen LogP contribution in [0.5, 0.6) is 0 Å². The number of aliphatic hydroxyl groups is 1. The maximum Gasteiger partial charge on any atom is 0.0558 e. The maximum atomic E-state index is 9.04. The molecule has 15 heavy (non-hydrogen) atoms. The Morgan fingerprint density at radius 1 is 1.33 bits per heavy atom. The Morgan fingerprint density at radius 2 is 2.07 bits per heavy atom. The molecule has 1 saturated heterocycles. The SMILES string of the molecule is CCN1CCN(CCO)C(CC(C)C)C1. The predicted octanol–water partition coefficient (Wildman–Crippen LogP) is 1.03. The van der Waals surface area contributed by atoms with E-state index >= 15 is 0 Å². The van der Waals surface area contributed by atoms with Gasteiger partial charge >= 0.3 is 0 Å². The quantitative estimate of drug-likeness (QED) is 0.740. The molecule has 0 aromatic carbocycles. The van der Waals surface area contributed by atoms with E-state index < -0.39 is 0 Å². The van der Waals surface area contributed by atoms with Crippen LogP contribution in [0.15, 0.2) is 0 Å². The molecule has 1 heterocycles. The van der Waals surface area contributed by atoms with Crippen LogP contribution in [0.3, 0.4) is 0 Å². The average molecular weight is 214 g/mol. The van der Waals surface area contributed by atoms with E-state index in [2.05, 4.69) is 30.6 Å². The van der Waals surface area contributed by atoms with Crippen molar-refractivity contribution < 1.29 is 5.11 Å². The van der Waals surface area contributed by atoms with Crippen molar-refractivity contribution in [1.29, 1.82) is 0 Å². The number of aliphatic hydroxyl groups excluding tert-OH is 1. The summed E-state index contributed by atoms with van der Waals surface area (Å²) in [6, 6.07) is 0.644. The first-order valence-corrected chi connectivity index (χ1v) is 6.24. The summed E-state index contributed by atoms with van der Waals surface area (Å²) in [5, 5.41) is 9.04. The minimum atomic E-state index is 0.292. The van der Waals surface area contributed by atoms with Crippen molar-refractivity contribution in [3.8, 4) is 0 Å². The van der Waals surface area contributed by atoms with E-state index in [9.17, 15) is 0 Å². The van der Waals surface area contributed by atoms with Crippen LogP contribution in [-0.2, 0) is 0 Å². The van der Waals surface area contributed by atoms with Crippen molar-refractivity contribution >= 4 is 0 Å². The number of nitrogens with zero attached hydrogens (tertiary/aromatic N) is 2. The van der Waals surface area contributed by atoms with Gasteiger partial charge in [-0.1, -0.05) is 20.8 Å². The van der Waals surface area contributed by atoms with E-state index in [0.717, 1.165) is 32.1 Å². The molecule has 0 aliphatic carbocycles. The Bertz CT molecular complexity index is 173. The highest BCUT2D eigenvalue weighted by Crippen LogP contribution is 2.16. The third-order valence-electron chi connectivity index (χ3n) is 3.27. The minimum Gasteiger partial charge on any atom is -0.395 e. The Hall–Kier alpha value is -0.120. The lowest BCUT2D eigenvalue weighted by Gasteiger charge is -2.41. The lowest BCUT2D eigenvalue weighted by Crippen LogP contribution is -2.54. The van der Waals surface area contributed by atoms with Gasteiger partial charge in [0.2, 0.25) is 0 Å². The summed E-state index contributed by atoms with van der Waals surface area (Å²) in [6.07, 6.45) is 1.25. The summed E-state index contributed by atoms with van der Waals surface area (Å²) in [6.45, 7) is 12.5. The Balaban J connectivity index is 2.48. The molecule has 0 aromatic rings. The number of rotatable bonds is 5. The van der Waals surface area contributed by atoms with Gasteiger partial charge in [-0.3, -0.25) is 4.90 Å². The molecule has 0 radical (unpaired) electrons. The molecule has 1 atom stereocenters. The average Bonchev–Trinajstić information content (AvgIpc) is 2.20. The standard InChI is InChI=1S/C12H26N2O/c1-4-13-5-6-14(7-8-15)12(10-13)9-11(2)3/h11-12,15H,4-10H2,1-3H3. The Labute approximate surface area is 94.1 Å². The monoisotopic (exact) mass is 214 g/mol. The zero-order valence-corrected chi connectivity index (χ0v) is 10.4. The van der Waals surface area contributed by atoms with Gasteiger partial charge in [-0.05, 0) is 18.9 Å². The molecule has 3 heteroatoms. The lowest BCUT2D eigenvalue weighted by atomic mass is 10.00. The molecule has 1 N–H and O–H groups in total. The topological polar surface area (TPSA) is 26.7 Å². The Morgan fingerprint density at radius 3 is 2.60 bits per heavy atom. The highest BCUT2D eigenvalue weighted by atomic mass is 16.3. The first-order chi connectivity index (χ1) is 7.17. The van der Waals surface area contributed by atoms with E-state index in [-0.39, 0.29) is 0 Å². The van der Waals surface area contributed by atoms with Gasteiger partial charge in [0.15, 0.2) is 0 Å². The molecular formula is C12H26N2O. The first kappa shape index (κ1) is 12.9. The zero-order chi connectivity index (χ0) is 11.3. The summed E-state index contributed by atoms with van der Waals surface area (Å²) in [4.78, 5) is 4.97. The molecule has 3 nitrogen and oxygen atoms in total. The molecule has 0 spiro atoms. The van der Waals surface area contributed by atoms with Gasteiger partial charge in [0.25, 0.3) is 0 Å². The summed E-state index contributed by atoms with van der Waals surface area (Å²) in [5.41, 5.74) is 0. The largest absolute Gasteiger partial charge is 0.395 e. The molecule has 0 aromatic heterocycles. The highest BCUT2D eigenvalue weighted by Gasteiger charge is 2.25. The van der Waals surface area contributed by atoms with Crippen LogP contribution in [0.4, 0.5) is 0 Å². The zero-order valence-electron chi connectivity index (χ0n) is 10.4. The van der Waals surface area contributed by atoms with Gasteiger partial charge in [-0.2, -0.15) is 0 Å². The van der Waals surface area contributed by atoms with Crippen molar-refractivity contribution in [2.45, 2.75) is 33.2 Å². The van der Waals surface area contributed by atoms with Crippen LogP contribution < -0.4 is 0 Å². The minimum absolute atomic E-state index is 0.292. The fourth-order valence-corrected chi connectivity index (χ4v) is 2.44. The third kappa shape index (κ3) is 4.09. The number of β-amino-alcohol motifs (C(OH)–C–C–N with tert-alkyl or cyclic N) is 1. The summed E-state index contributed by atoms with van der Waals surface area (Å²) < 4.78 is 0. The molecule has 0 bridgehead atoms. The fraction of sp³-hybridized carbons (Fsp3) is 1.00. The van der Waals surface area contributed by atoms with Crippen LogP contribution in [0, 0.1) is 5.92 Å². The molecule has 1 fully saturated rings. The van der Waals surface area contributed by atoms with E-state index in [0.29, 0.717) is 12.6 Å². The van der Waals surface area contributed by atoms with Crippen molar-refractivity contribution in [3.63, 3.8) is 0 Å². The van der Waals surface area contributed by atoms with Crippen molar-refractivity contribution in [3.05, 3.63) is 0 Å². The molecular weight excluding hydrogens is 188 g/mol. The van der Waals surface area contributed by atoms with Gasteiger partial charge in [0.05, 0.1) is 6.61 Å². The number of likely N-dealkylation sites (N-methyl/N-ethyl adjacent to an activating group) is 1. The smallest absolute Gasteiger partial charge is 0.0558 e. The molecule has 1 aliphatic heterocycles. The van der Waals surface area contributed by atoms with E-state index in [1.165, 1.54) is 13.0 Å². The molecule has 90 valence electrons. The van der Waals surface area contributed by atoms with Gasteiger partial charge in [0, 0.05) is 32.2 Å². The molecule has 1 aliphatic rings. The normalized spacial score (nSPS) is 25.0. The second-order valence-corrected chi connectivity index (χ2v) is 4.94. The van der Waals surface area contributed by atoms with Crippen molar-refractivity contribution in [2.75, 3.05) is 39.3 Å². The van der Waals surface area contributed by atoms with E-state index in [1.54, 1.807) is 0 Å². The first-order valence-electron chi connectivity index (χ1n) is 6.24. The van der Waals surface area contributed by atoms with Gasteiger partial charge in [-0.15, -0.1) is 0 Å². The number of piperazine rings is 1. The fourth-order valence-electron chi connectivity index (χ4n) is 2.44. The molecule has 0 saturated carbocycles. The van der Waals surface area contributed by atoms with E-state index in [1.807, 2.05) is 0 Å².